The molecule has 1 atom stereocenters. The van der Waals surface area contributed by atoms with Gasteiger partial charge in [0, 0.05) is 33.4 Å². The van der Waals surface area contributed by atoms with Gasteiger partial charge >= 0.3 is 0 Å². The number of aliphatic imine (C=N–C) groups is 1. The minimum atomic E-state index is 0.165. The predicted molar refractivity (Wildman–Crippen MR) is 94.8 cm³/mol. The zero-order chi connectivity index (χ0) is 17.1. The van der Waals surface area contributed by atoms with Gasteiger partial charge in [-0.15, -0.1) is 0 Å². The van der Waals surface area contributed by atoms with Gasteiger partial charge in [-0.3, -0.25) is 9.89 Å². The molecule has 2 N–H and O–H groups in total. The second kappa shape index (κ2) is 11.1. The summed E-state index contributed by atoms with van der Waals surface area (Å²) in [4.78, 5) is 6.38. The van der Waals surface area contributed by atoms with Gasteiger partial charge in [-0.1, -0.05) is 13.8 Å². The summed E-state index contributed by atoms with van der Waals surface area (Å²) >= 11 is 0. The topological polar surface area (TPSA) is 62.0 Å². The van der Waals surface area contributed by atoms with Crippen LogP contribution in [0, 0.1) is 5.92 Å². The molecule has 0 amide bonds. The number of guanidine groups is 1. The SMILES string of the molecule is CN=C(NCCCOCC(C)C)NCC(c1ccco1)N(C)C. The molecule has 0 bridgehead atoms. The summed E-state index contributed by atoms with van der Waals surface area (Å²) < 4.78 is 11.1. The third-order valence-electron chi connectivity index (χ3n) is 3.39. The van der Waals surface area contributed by atoms with Crippen LogP contribution in [0.4, 0.5) is 0 Å². The fourth-order valence-electron chi connectivity index (χ4n) is 2.13. The monoisotopic (exact) mass is 324 g/mol. The van der Waals surface area contributed by atoms with E-state index >= 15 is 0 Å². The summed E-state index contributed by atoms with van der Waals surface area (Å²) in [5.74, 6) is 2.33. The molecule has 0 saturated heterocycles. The van der Waals surface area contributed by atoms with Crippen molar-refractivity contribution in [3.05, 3.63) is 24.2 Å². The zero-order valence-electron chi connectivity index (χ0n) is 15.1. The van der Waals surface area contributed by atoms with Crippen molar-refractivity contribution in [3.8, 4) is 0 Å². The highest BCUT2D eigenvalue weighted by Crippen LogP contribution is 2.17. The molecule has 0 aromatic carbocycles. The molecule has 0 spiro atoms. The molecule has 0 aliphatic heterocycles. The van der Waals surface area contributed by atoms with E-state index in [1.54, 1.807) is 13.3 Å². The second-order valence-electron chi connectivity index (χ2n) is 6.20. The maximum absolute atomic E-state index is 5.57. The average Bonchev–Trinajstić information content (AvgIpc) is 3.02. The van der Waals surface area contributed by atoms with Gasteiger partial charge < -0.3 is 19.8 Å². The molecule has 0 saturated carbocycles. The molecule has 1 aromatic rings. The number of likely N-dealkylation sites (N-methyl/N-ethyl adjacent to an activating group) is 1. The van der Waals surface area contributed by atoms with Crippen LogP contribution in [0.1, 0.15) is 32.1 Å². The Balaban J connectivity index is 2.27. The lowest BCUT2D eigenvalue weighted by atomic mass is 10.2. The molecule has 6 heteroatoms. The van der Waals surface area contributed by atoms with Crippen LogP contribution in [-0.2, 0) is 4.74 Å². The van der Waals surface area contributed by atoms with Gasteiger partial charge in [-0.05, 0) is 38.6 Å². The molecule has 1 heterocycles. The van der Waals surface area contributed by atoms with E-state index in [0.29, 0.717) is 5.92 Å². The average molecular weight is 324 g/mol. The first-order valence-electron chi connectivity index (χ1n) is 8.26. The molecule has 132 valence electrons. The van der Waals surface area contributed by atoms with Gasteiger partial charge in [-0.25, -0.2) is 0 Å². The highest BCUT2D eigenvalue weighted by molar-refractivity contribution is 5.79. The fourth-order valence-corrected chi connectivity index (χ4v) is 2.13. The van der Waals surface area contributed by atoms with Gasteiger partial charge in [0.05, 0.1) is 12.3 Å². The largest absolute Gasteiger partial charge is 0.468 e. The van der Waals surface area contributed by atoms with E-state index in [1.807, 2.05) is 26.2 Å². The standard InChI is InChI=1S/C17H32N4O2/c1-14(2)13-22-10-7-9-19-17(18-3)20-12-15(21(4)5)16-8-6-11-23-16/h6,8,11,14-15H,7,9-10,12-13H2,1-5H3,(H2,18,19,20). The number of hydrogen-bond acceptors (Lipinski definition) is 4. The summed E-state index contributed by atoms with van der Waals surface area (Å²) in [5.41, 5.74) is 0. The normalized spacial score (nSPS) is 13.6. The van der Waals surface area contributed by atoms with Gasteiger partial charge in [0.1, 0.15) is 5.76 Å². The maximum Gasteiger partial charge on any atom is 0.191 e. The molecule has 1 rings (SSSR count). The molecule has 0 radical (unpaired) electrons. The van der Waals surface area contributed by atoms with Gasteiger partial charge in [0.25, 0.3) is 0 Å². The minimum absolute atomic E-state index is 0.165. The molecule has 23 heavy (non-hydrogen) atoms. The van der Waals surface area contributed by atoms with E-state index in [-0.39, 0.29) is 6.04 Å². The highest BCUT2D eigenvalue weighted by Gasteiger charge is 2.17. The van der Waals surface area contributed by atoms with Gasteiger partial charge in [0.15, 0.2) is 5.96 Å². The molecule has 1 aromatic heterocycles. The Labute approximate surface area is 140 Å². The Morgan fingerprint density at radius 1 is 1.35 bits per heavy atom. The van der Waals surface area contributed by atoms with E-state index < -0.39 is 0 Å². The third kappa shape index (κ3) is 8.04. The van der Waals surface area contributed by atoms with Crippen molar-refractivity contribution in [2.24, 2.45) is 10.9 Å². The van der Waals surface area contributed by atoms with Crippen molar-refractivity contribution in [2.45, 2.75) is 26.3 Å². The molecular formula is C17H32N4O2. The molecule has 0 aliphatic rings. The lowest BCUT2D eigenvalue weighted by Gasteiger charge is -2.23. The number of furan rings is 1. The molecule has 1 unspecified atom stereocenters. The van der Waals surface area contributed by atoms with Crippen molar-refractivity contribution < 1.29 is 9.15 Å². The molecule has 0 aliphatic carbocycles. The maximum atomic E-state index is 5.57. The number of rotatable bonds is 10. The first-order valence-corrected chi connectivity index (χ1v) is 8.26. The first-order chi connectivity index (χ1) is 11.0. The minimum Gasteiger partial charge on any atom is -0.468 e. The van der Waals surface area contributed by atoms with Gasteiger partial charge in [0.2, 0.25) is 0 Å². The van der Waals surface area contributed by atoms with Crippen molar-refractivity contribution in [1.29, 1.82) is 0 Å². The molecular weight excluding hydrogens is 292 g/mol. The number of nitrogens with one attached hydrogen (secondary N) is 2. The van der Waals surface area contributed by atoms with Crippen LogP contribution in [0.2, 0.25) is 0 Å². The Kier molecular flexibility index (Phi) is 9.40. The smallest absolute Gasteiger partial charge is 0.191 e. The highest BCUT2D eigenvalue weighted by atomic mass is 16.5. The van der Waals surface area contributed by atoms with Crippen molar-refractivity contribution in [3.63, 3.8) is 0 Å². The number of ether oxygens (including phenoxy) is 1. The first kappa shape index (κ1) is 19.5. The Morgan fingerprint density at radius 2 is 2.13 bits per heavy atom. The summed E-state index contributed by atoms with van der Waals surface area (Å²) in [6, 6.07) is 4.07. The summed E-state index contributed by atoms with van der Waals surface area (Å²) in [7, 11) is 5.86. The molecule has 0 fully saturated rings. The van der Waals surface area contributed by atoms with Crippen molar-refractivity contribution in [1.82, 2.24) is 15.5 Å². The third-order valence-corrected chi connectivity index (χ3v) is 3.39. The van der Waals surface area contributed by atoms with E-state index in [0.717, 1.165) is 44.4 Å². The van der Waals surface area contributed by atoms with E-state index in [4.69, 9.17) is 9.15 Å². The summed E-state index contributed by atoms with van der Waals surface area (Å²) in [5, 5.41) is 6.65. The predicted octanol–water partition coefficient (Wildman–Crippen LogP) is 2.11. The van der Waals surface area contributed by atoms with Crippen LogP contribution in [-0.4, -0.2) is 58.3 Å². The summed E-state index contributed by atoms with van der Waals surface area (Å²) in [6.45, 7) is 7.47. The Bertz CT molecular complexity index is 430. The zero-order valence-corrected chi connectivity index (χ0v) is 15.1. The van der Waals surface area contributed by atoms with Crippen LogP contribution in [0.15, 0.2) is 27.8 Å². The molecule has 6 nitrogen and oxygen atoms in total. The van der Waals surface area contributed by atoms with Gasteiger partial charge in [-0.2, -0.15) is 0 Å². The number of nitrogens with zero attached hydrogens (tertiary/aromatic N) is 2. The summed E-state index contributed by atoms with van der Waals surface area (Å²) in [6.07, 6.45) is 2.67. The quantitative estimate of drug-likeness (QED) is 0.392. The Morgan fingerprint density at radius 3 is 2.70 bits per heavy atom. The van der Waals surface area contributed by atoms with Crippen molar-refractivity contribution >= 4 is 5.96 Å². The van der Waals surface area contributed by atoms with E-state index in [2.05, 4.69) is 34.4 Å². The van der Waals surface area contributed by atoms with Crippen LogP contribution < -0.4 is 10.6 Å². The van der Waals surface area contributed by atoms with E-state index in [9.17, 15) is 0 Å². The lowest BCUT2D eigenvalue weighted by molar-refractivity contribution is 0.108. The van der Waals surface area contributed by atoms with Crippen molar-refractivity contribution in [2.75, 3.05) is 47.4 Å². The van der Waals surface area contributed by atoms with Crippen LogP contribution in [0.5, 0.6) is 0 Å². The lowest BCUT2D eigenvalue weighted by Crippen LogP contribution is -2.42. The fraction of sp³-hybridized carbons (Fsp3) is 0.706. The Hall–Kier alpha value is -1.53. The second-order valence-corrected chi connectivity index (χ2v) is 6.20. The van der Waals surface area contributed by atoms with Crippen LogP contribution >= 0.6 is 0 Å². The van der Waals surface area contributed by atoms with Crippen LogP contribution in [0.25, 0.3) is 0 Å². The van der Waals surface area contributed by atoms with Crippen LogP contribution in [0.3, 0.4) is 0 Å². The van der Waals surface area contributed by atoms with E-state index in [1.165, 1.54) is 0 Å². The number of hydrogen-bond donors (Lipinski definition) is 2.